The number of ketones is 1. The van der Waals surface area contributed by atoms with E-state index in [2.05, 4.69) is 0 Å². The van der Waals surface area contributed by atoms with Crippen molar-refractivity contribution in [2.45, 2.75) is 31.8 Å². The number of nitro groups is 1. The Kier molecular flexibility index (Phi) is 8.74. The van der Waals surface area contributed by atoms with E-state index in [1.807, 2.05) is 0 Å². The molecule has 0 aliphatic rings. The number of nitrogens with two attached hydrogens (primary N) is 2. The number of carbonyl (C=O) groups is 3. The molecule has 0 bridgehead atoms. The summed E-state index contributed by atoms with van der Waals surface area (Å²) in [4.78, 5) is 40.4. The van der Waals surface area contributed by atoms with E-state index >= 15 is 0 Å². The van der Waals surface area contributed by atoms with Crippen LogP contribution in [0.3, 0.4) is 0 Å². The molecule has 11 heteroatoms. The number of aromatic hydroxyl groups is 1. The number of aliphatic carboxylic acids is 2. The zero-order valence-corrected chi connectivity index (χ0v) is 13.3. The number of rotatable bonds is 7. The Hall–Kier alpha value is -3.05. The van der Waals surface area contributed by atoms with Crippen LogP contribution in [-0.4, -0.2) is 50.0 Å². The monoisotopic (exact) mass is 357 g/mol. The lowest BCUT2D eigenvalue weighted by Gasteiger charge is -2.06. The van der Waals surface area contributed by atoms with E-state index in [1.54, 1.807) is 0 Å². The Labute approximate surface area is 142 Å². The highest BCUT2D eigenvalue weighted by molar-refractivity contribution is 5.83. The van der Waals surface area contributed by atoms with Crippen molar-refractivity contribution in [1.29, 1.82) is 0 Å². The van der Waals surface area contributed by atoms with Crippen LogP contribution in [0.5, 0.6) is 5.75 Å². The number of hydrogen-bond acceptors (Lipinski definition) is 8. The highest BCUT2D eigenvalue weighted by atomic mass is 16.6. The van der Waals surface area contributed by atoms with Gasteiger partial charge in [-0.2, -0.15) is 0 Å². The first kappa shape index (κ1) is 21.9. The van der Waals surface area contributed by atoms with E-state index in [0.29, 0.717) is 5.56 Å². The second-order valence-electron chi connectivity index (χ2n) is 5.08. The Bertz CT molecular complexity index is 661. The highest BCUT2D eigenvalue weighted by Gasteiger charge is 2.17. The number of phenols is 1. The fourth-order valence-electron chi connectivity index (χ4n) is 1.58. The average molecular weight is 357 g/mol. The minimum Gasteiger partial charge on any atom is -0.502 e. The van der Waals surface area contributed by atoms with Gasteiger partial charge in [0.25, 0.3) is 0 Å². The summed E-state index contributed by atoms with van der Waals surface area (Å²) in [6.45, 7) is 1.31. The molecule has 7 N–H and O–H groups in total. The lowest BCUT2D eigenvalue weighted by atomic mass is 10.1. The number of hydrogen-bond donors (Lipinski definition) is 5. The maximum Gasteiger partial charge on any atom is 0.320 e. The van der Waals surface area contributed by atoms with E-state index in [9.17, 15) is 24.5 Å². The molecule has 0 aromatic heterocycles. The summed E-state index contributed by atoms with van der Waals surface area (Å²) in [5.74, 6) is -2.98. The second kappa shape index (κ2) is 9.95. The lowest BCUT2D eigenvalue weighted by Crippen LogP contribution is -2.32. The lowest BCUT2D eigenvalue weighted by molar-refractivity contribution is -0.385. The third kappa shape index (κ3) is 8.39. The van der Waals surface area contributed by atoms with Crippen molar-refractivity contribution in [2.75, 3.05) is 0 Å². The van der Waals surface area contributed by atoms with Gasteiger partial charge in [-0.05, 0) is 25.0 Å². The van der Waals surface area contributed by atoms with Gasteiger partial charge in [0.1, 0.15) is 17.9 Å². The number of nitrogens with zero attached hydrogens (tertiary/aromatic N) is 1. The molecule has 1 aromatic carbocycles. The molecule has 0 fully saturated rings. The van der Waals surface area contributed by atoms with E-state index < -0.39 is 40.4 Å². The molecule has 11 nitrogen and oxygen atoms in total. The van der Waals surface area contributed by atoms with Crippen molar-refractivity contribution in [1.82, 2.24) is 0 Å². The van der Waals surface area contributed by atoms with Gasteiger partial charge in [-0.1, -0.05) is 6.07 Å². The number of carboxylic acid groups (broad SMARTS) is 2. The molecule has 0 saturated heterocycles. The fraction of sp³-hybridized carbons (Fsp3) is 0.357. The summed E-state index contributed by atoms with van der Waals surface area (Å²) in [6, 6.07) is 1.48. The van der Waals surface area contributed by atoms with Gasteiger partial charge >= 0.3 is 17.6 Å². The number of benzene rings is 1. The van der Waals surface area contributed by atoms with Crippen LogP contribution in [0, 0.1) is 10.1 Å². The summed E-state index contributed by atoms with van der Waals surface area (Å²) >= 11 is 0. The minimum atomic E-state index is -1.18. The highest BCUT2D eigenvalue weighted by Crippen LogP contribution is 2.26. The van der Waals surface area contributed by atoms with Crippen molar-refractivity contribution < 1.29 is 34.6 Å². The number of nitro benzene ring substituents is 1. The zero-order valence-electron chi connectivity index (χ0n) is 13.3. The largest absolute Gasteiger partial charge is 0.502 e. The molecule has 0 amide bonds. The number of carbonyl (C=O) groups excluding carboxylic acids is 1. The van der Waals surface area contributed by atoms with Crippen LogP contribution in [0.15, 0.2) is 18.2 Å². The van der Waals surface area contributed by atoms with Crippen molar-refractivity contribution in [3.8, 4) is 5.75 Å². The number of phenolic OH excluding ortho intramolecular Hbond substituents is 1. The Morgan fingerprint density at radius 2 is 1.68 bits per heavy atom. The third-order valence-electron chi connectivity index (χ3n) is 2.83. The van der Waals surface area contributed by atoms with Crippen LogP contribution in [0.25, 0.3) is 0 Å². The normalized spacial score (nSPS) is 12.3. The smallest absolute Gasteiger partial charge is 0.320 e. The van der Waals surface area contributed by atoms with Crippen LogP contribution >= 0.6 is 0 Å². The Morgan fingerprint density at radius 3 is 2.04 bits per heavy atom. The van der Waals surface area contributed by atoms with Gasteiger partial charge in [0.2, 0.25) is 0 Å². The predicted octanol–water partition coefficient (Wildman–Crippen LogP) is -0.368. The van der Waals surface area contributed by atoms with E-state index in [0.717, 1.165) is 12.1 Å². The first-order valence-corrected chi connectivity index (χ1v) is 6.88. The first-order chi connectivity index (χ1) is 11.5. The van der Waals surface area contributed by atoms with Crippen LogP contribution in [0.1, 0.15) is 18.9 Å². The Morgan fingerprint density at radius 1 is 1.16 bits per heavy atom. The molecule has 0 spiro atoms. The van der Waals surface area contributed by atoms with Gasteiger partial charge in [0.05, 0.1) is 4.92 Å². The van der Waals surface area contributed by atoms with Crippen molar-refractivity contribution >= 4 is 23.4 Å². The summed E-state index contributed by atoms with van der Waals surface area (Å²) < 4.78 is 0. The van der Waals surface area contributed by atoms with Gasteiger partial charge in [0, 0.05) is 12.5 Å². The van der Waals surface area contributed by atoms with Gasteiger partial charge in [0.15, 0.2) is 5.75 Å². The first-order valence-electron chi connectivity index (χ1n) is 6.88. The van der Waals surface area contributed by atoms with E-state index in [4.69, 9.17) is 26.8 Å². The fourth-order valence-corrected chi connectivity index (χ4v) is 1.58. The number of Topliss-reactive ketones (excluding diaryl/α,β-unsaturated/α-hetero) is 1. The molecule has 1 unspecified atom stereocenters. The summed E-state index contributed by atoms with van der Waals surface area (Å²) in [5, 5.41) is 36.4. The standard InChI is InChI=1S/C9H10N2O5.C5H9NO3/c10-6(9(13)14)3-5-1-2-8(12)7(4-5)11(15)16;1-3(7)2-4(6)5(8)9/h1-2,4,6,12H,3,10H2,(H,13,14);4H,2,6H2,1H3,(H,8,9)/t6-;/m0./s1. The minimum absolute atomic E-state index is 0.0313. The van der Waals surface area contributed by atoms with Crippen LogP contribution in [0.2, 0.25) is 0 Å². The summed E-state index contributed by atoms with van der Waals surface area (Å²) in [6.07, 6.45) is -0.119. The Balaban J connectivity index is 0.000000547. The predicted molar refractivity (Wildman–Crippen MR) is 85.0 cm³/mol. The molecule has 0 radical (unpaired) electrons. The topological polar surface area (TPSA) is 207 Å². The van der Waals surface area contributed by atoms with E-state index in [1.165, 1.54) is 13.0 Å². The van der Waals surface area contributed by atoms with Gasteiger partial charge < -0.3 is 26.8 Å². The average Bonchev–Trinajstić information content (AvgIpc) is 2.48. The van der Waals surface area contributed by atoms with Crippen molar-refractivity contribution in [2.24, 2.45) is 11.5 Å². The molecule has 138 valence electrons. The number of carboxylic acids is 2. The maximum atomic E-state index is 10.5. The molecule has 25 heavy (non-hydrogen) atoms. The van der Waals surface area contributed by atoms with Gasteiger partial charge in [-0.15, -0.1) is 0 Å². The quantitative estimate of drug-likeness (QED) is 0.316. The second-order valence-corrected chi connectivity index (χ2v) is 5.08. The molecule has 0 heterocycles. The third-order valence-corrected chi connectivity index (χ3v) is 2.83. The molecule has 2 atom stereocenters. The van der Waals surface area contributed by atoms with Gasteiger partial charge in [-0.25, -0.2) is 0 Å². The molecular weight excluding hydrogens is 338 g/mol. The summed E-state index contributed by atoms with van der Waals surface area (Å²) in [5.41, 5.74) is 10.2. The molecular formula is C14H19N3O8. The molecule has 0 saturated carbocycles. The maximum absolute atomic E-state index is 10.5. The van der Waals surface area contributed by atoms with Crippen molar-refractivity contribution in [3.05, 3.63) is 33.9 Å². The van der Waals surface area contributed by atoms with Crippen LogP contribution in [-0.2, 0) is 20.8 Å². The van der Waals surface area contributed by atoms with Crippen LogP contribution in [0.4, 0.5) is 5.69 Å². The van der Waals surface area contributed by atoms with Gasteiger partial charge in [-0.3, -0.25) is 24.5 Å². The SMILES string of the molecule is CC(=O)CC(N)C(=O)O.N[C@@H](Cc1ccc(O)c([N+](=O)[O-])c1)C(=O)O. The zero-order chi connectivity index (χ0) is 19.7. The van der Waals surface area contributed by atoms with Crippen LogP contribution < -0.4 is 11.5 Å². The molecule has 0 aliphatic carbocycles. The van der Waals surface area contributed by atoms with Crippen molar-refractivity contribution in [3.63, 3.8) is 0 Å². The molecule has 1 aromatic rings. The van der Waals surface area contributed by atoms with E-state index in [-0.39, 0.29) is 18.6 Å². The molecule has 1 rings (SSSR count). The molecule has 0 aliphatic heterocycles. The summed E-state index contributed by atoms with van der Waals surface area (Å²) in [7, 11) is 0.